The molecule has 2 rings (SSSR count). The number of phenols is 2. The minimum atomic E-state index is -1.72. The number of carbonyl (C=O) groups is 1. The van der Waals surface area contributed by atoms with Crippen LogP contribution in [0.1, 0.15) is 10.4 Å². The first kappa shape index (κ1) is 13.7. The molecule has 0 radical (unpaired) electrons. The van der Waals surface area contributed by atoms with Crippen LogP contribution in [-0.2, 0) is 0 Å². The molecule has 2 aromatic rings. The van der Waals surface area contributed by atoms with Crippen molar-refractivity contribution in [1.29, 1.82) is 0 Å². The van der Waals surface area contributed by atoms with E-state index in [1.165, 1.54) is 0 Å². The number of carbonyl (C=O) groups excluding carboxylic acids is 1. The molecule has 1 amide bonds. The van der Waals surface area contributed by atoms with Crippen molar-refractivity contribution in [3.05, 3.63) is 53.3 Å². The molecule has 0 heterocycles. The smallest absolute Gasteiger partial charge is 0.259 e. The summed E-state index contributed by atoms with van der Waals surface area (Å²) in [5, 5.41) is 20.6. The SMILES string of the molecule is O=C(Nc1ccc(F)c(F)c1F)c1cc(O)ccc1O. The van der Waals surface area contributed by atoms with Gasteiger partial charge >= 0.3 is 0 Å². The van der Waals surface area contributed by atoms with Crippen LogP contribution in [0, 0.1) is 17.5 Å². The van der Waals surface area contributed by atoms with Gasteiger partial charge in [-0.3, -0.25) is 4.79 Å². The van der Waals surface area contributed by atoms with Gasteiger partial charge in [0.05, 0.1) is 11.3 Å². The number of aromatic hydroxyl groups is 2. The van der Waals surface area contributed by atoms with Gasteiger partial charge in [-0.25, -0.2) is 13.2 Å². The number of benzene rings is 2. The highest BCUT2D eigenvalue weighted by atomic mass is 19.2. The Kier molecular flexibility index (Phi) is 3.51. The Morgan fingerprint density at radius 3 is 2.40 bits per heavy atom. The van der Waals surface area contributed by atoms with Crippen LogP contribution in [-0.4, -0.2) is 16.1 Å². The maximum Gasteiger partial charge on any atom is 0.259 e. The molecule has 20 heavy (non-hydrogen) atoms. The van der Waals surface area contributed by atoms with Crippen molar-refractivity contribution in [2.75, 3.05) is 5.32 Å². The van der Waals surface area contributed by atoms with Crippen LogP contribution in [0.5, 0.6) is 11.5 Å². The maximum absolute atomic E-state index is 13.4. The number of rotatable bonds is 2. The van der Waals surface area contributed by atoms with E-state index in [1.807, 2.05) is 5.32 Å². The summed E-state index contributed by atoms with van der Waals surface area (Å²) in [6.45, 7) is 0. The summed E-state index contributed by atoms with van der Waals surface area (Å²) >= 11 is 0. The van der Waals surface area contributed by atoms with E-state index in [-0.39, 0.29) is 11.3 Å². The Bertz CT molecular complexity index is 689. The summed E-state index contributed by atoms with van der Waals surface area (Å²) in [6.07, 6.45) is 0. The molecule has 0 atom stereocenters. The fourth-order valence-corrected chi connectivity index (χ4v) is 1.52. The van der Waals surface area contributed by atoms with E-state index in [2.05, 4.69) is 0 Å². The minimum absolute atomic E-state index is 0.293. The van der Waals surface area contributed by atoms with Crippen LogP contribution in [0.2, 0.25) is 0 Å². The molecule has 0 saturated carbocycles. The van der Waals surface area contributed by atoms with Gasteiger partial charge in [-0.2, -0.15) is 0 Å². The number of anilines is 1. The first-order chi connectivity index (χ1) is 9.40. The van der Waals surface area contributed by atoms with Crippen molar-refractivity contribution in [2.45, 2.75) is 0 Å². The lowest BCUT2D eigenvalue weighted by molar-refractivity contribution is 0.102. The van der Waals surface area contributed by atoms with E-state index in [9.17, 15) is 28.2 Å². The number of amides is 1. The lowest BCUT2D eigenvalue weighted by Crippen LogP contribution is -2.14. The monoisotopic (exact) mass is 283 g/mol. The first-order valence-electron chi connectivity index (χ1n) is 5.37. The highest BCUT2D eigenvalue weighted by molar-refractivity contribution is 6.06. The molecule has 104 valence electrons. The second-order valence-corrected chi connectivity index (χ2v) is 3.88. The second kappa shape index (κ2) is 5.12. The summed E-state index contributed by atoms with van der Waals surface area (Å²) in [5.41, 5.74) is -0.925. The summed E-state index contributed by atoms with van der Waals surface area (Å²) < 4.78 is 39.1. The van der Waals surface area contributed by atoms with E-state index in [4.69, 9.17) is 0 Å². The third kappa shape index (κ3) is 2.51. The number of hydrogen-bond acceptors (Lipinski definition) is 3. The lowest BCUT2D eigenvalue weighted by Gasteiger charge is -2.08. The van der Waals surface area contributed by atoms with E-state index >= 15 is 0 Å². The predicted octanol–water partition coefficient (Wildman–Crippen LogP) is 2.77. The van der Waals surface area contributed by atoms with Crippen molar-refractivity contribution in [3.8, 4) is 11.5 Å². The molecule has 0 bridgehead atoms. The molecular formula is C13H8F3NO3. The highest BCUT2D eigenvalue weighted by Crippen LogP contribution is 2.25. The summed E-state index contributed by atoms with van der Waals surface area (Å²) in [6, 6.07) is 4.64. The van der Waals surface area contributed by atoms with Crippen LogP contribution in [0.15, 0.2) is 30.3 Å². The number of nitrogens with one attached hydrogen (secondary N) is 1. The maximum atomic E-state index is 13.4. The molecule has 0 saturated heterocycles. The predicted molar refractivity (Wildman–Crippen MR) is 64.0 cm³/mol. The summed E-state index contributed by atoms with van der Waals surface area (Å²) in [7, 11) is 0. The highest BCUT2D eigenvalue weighted by Gasteiger charge is 2.18. The van der Waals surface area contributed by atoms with E-state index in [0.29, 0.717) is 6.07 Å². The van der Waals surface area contributed by atoms with E-state index in [1.54, 1.807) is 0 Å². The lowest BCUT2D eigenvalue weighted by atomic mass is 10.1. The van der Waals surface area contributed by atoms with Crippen LogP contribution in [0.3, 0.4) is 0 Å². The normalized spacial score (nSPS) is 10.3. The van der Waals surface area contributed by atoms with Crippen molar-refractivity contribution >= 4 is 11.6 Å². The first-order valence-corrected chi connectivity index (χ1v) is 5.37. The van der Waals surface area contributed by atoms with Gasteiger partial charge in [0.2, 0.25) is 0 Å². The molecule has 0 fully saturated rings. The van der Waals surface area contributed by atoms with Crippen LogP contribution in [0.4, 0.5) is 18.9 Å². The van der Waals surface area contributed by atoms with Crippen LogP contribution >= 0.6 is 0 Å². The standard InChI is InChI=1S/C13H8F3NO3/c14-8-2-3-9(12(16)11(8)15)17-13(20)7-5-6(18)1-4-10(7)19/h1-5,18-19H,(H,17,20). The zero-order valence-electron chi connectivity index (χ0n) is 9.82. The number of hydrogen-bond donors (Lipinski definition) is 3. The Morgan fingerprint density at radius 2 is 1.70 bits per heavy atom. The molecule has 7 heteroatoms. The van der Waals surface area contributed by atoms with Gasteiger partial charge in [0.15, 0.2) is 17.5 Å². The largest absolute Gasteiger partial charge is 0.508 e. The second-order valence-electron chi connectivity index (χ2n) is 3.88. The third-order valence-electron chi connectivity index (χ3n) is 2.51. The summed E-state index contributed by atoms with van der Waals surface area (Å²) in [5.74, 6) is -6.40. The molecule has 0 unspecified atom stereocenters. The quantitative estimate of drug-likeness (QED) is 0.586. The van der Waals surface area contributed by atoms with Crippen LogP contribution in [0.25, 0.3) is 0 Å². The topological polar surface area (TPSA) is 69.6 Å². The Morgan fingerprint density at radius 1 is 1.00 bits per heavy atom. The third-order valence-corrected chi connectivity index (χ3v) is 2.51. The fourth-order valence-electron chi connectivity index (χ4n) is 1.52. The van der Waals surface area contributed by atoms with Crippen LogP contribution < -0.4 is 5.32 Å². The molecule has 0 spiro atoms. The zero-order valence-corrected chi connectivity index (χ0v) is 9.82. The molecule has 0 aliphatic rings. The Labute approximate surface area is 111 Å². The van der Waals surface area contributed by atoms with Crippen molar-refractivity contribution in [1.82, 2.24) is 0 Å². The van der Waals surface area contributed by atoms with Crippen molar-refractivity contribution in [2.24, 2.45) is 0 Å². The van der Waals surface area contributed by atoms with Crippen molar-refractivity contribution < 1.29 is 28.2 Å². The Balaban J connectivity index is 2.33. The Hall–Kier alpha value is -2.70. The molecular weight excluding hydrogens is 275 g/mol. The van der Waals surface area contributed by atoms with Gasteiger partial charge < -0.3 is 15.5 Å². The average Bonchev–Trinajstić information content (AvgIpc) is 2.42. The molecule has 2 aromatic carbocycles. The van der Waals surface area contributed by atoms with Gasteiger partial charge in [0.1, 0.15) is 11.5 Å². The van der Waals surface area contributed by atoms with E-state index < -0.39 is 34.8 Å². The van der Waals surface area contributed by atoms with Gasteiger partial charge in [-0.05, 0) is 30.3 Å². The van der Waals surface area contributed by atoms with Gasteiger partial charge in [0.25, 0.3) is 5.91 Å². The molecule has 0 aromatic heterocycles. The summed E-state index contributed by atoms with van der Waals surface area (Å²) in [4.78, 5) is 11.8. The van der Waals surface area contributed by atoms with Gasteiger partial charge in [-0.1, -0.05) is 0 Å². The van der Waals surface area contributed by atoms with Gasteiger partial charge in [0, 0.05) is 0 Å². The molecule has 0 aliphatic carbocycles. The average molecular weight is 283 g/mol. The fraction of sp³-hybridized carbons (Fsp3) is 0. The minimum Gasteiger partial charge on any atom is -0.508 e. The van der Waals surface area contributed by atoms with E-state index in [0.717, 1.165) is 24.3 Å². The number of halogens is 3. The molecule has 0 aliphatic heterocycles. The van der Waals surface area contributed by atoms with Crippen molar-refractivity contribution in [3.63, 3.8) is 0 Å². The van der Waals surface area contributed by atoms with Gasteiger partial charge in [-0.15, -0.1) is 0 Å². The zero-order chi connectivity index (χ0) is 14.9. The molecule has 3 N–H and O–H groups in total. The molecule has 4 nitrogen and oxygen atoms in total. The number of phenolic OH excluding ortho intramolecular Hbond substituents is 2.